The van der Waals surface area contributed by atoms with Gasteiger partial charge in [0.2, 0.25) is 0 Å². The highest BCUT2D eigenvalue weighted by molar-refractivity contribution is 6.31. The number of rotatable bonds is 3. The van der Waals surface area contributed by atoms with Crippen LogP contribution in [0.2, 0.25) is 5.02 Å². The first-order valence-corrected chi connectivity index (χ1v) is 7.29. The summed E-state index contributed by atoms with van der Waals surface area (Å²) >= 11 is 6.08. The van der Waals surface area contributed by atoms with Gasteiger partial charge in [-0.2, -0.15) is 0 Å². The second-order valence-corrected chi connectivity index (χ2v) is 5.90. The molecule has 1 aromatic rings. The zero-order valence-electron chi connectivity index (χ0n) is 10.9. The summed E-state index contributed by atoms with van der Waals surface area (Å²) in [5.74, 6) is 0.705. The summed E-state index contributed by atoms with van der Waals surface area (Å²) in [6.07, 6.45) is 5.57. The summed E-state index contributed by atoms with van der Waals surface area (Å²) < 4.78 is 12.0. The minimum Gasteiger partial charge on any atom is -0.490 e. The van der Waals surface area contributed by atoms with Crippen molar-refractivity contribution in [2.24, 2.45) is 0 Å². The summed E-state index contributed by atoms with van der Waals surface area (Å²) in [5.41, 5.74) is 0.749. The molecule has 1 aliphatic heterocycles. The maximum Gasteiger partial charge on any atom is 0.126 e. The first-order chi connectivity index (χ1) is 9.22. The standard InChI is InChI=1S/C15H19ClO3/c16-13-3-1-4-14(12(13)10-17)19-11-5-8-18-15(9-11)6-2-7-15/h1,3-4,11,17H,2,5-10H2. The number of hydrogen-bond acceptors (Lipinski definition) is 3. The summed E-state index contributed by atoms with van der Waals surface area (Å²) in [6, 6.07) is 5.51. The van der Waals surface area contributed by atoms with E-state index in [0.717, 1.165) is 32.3 Å². The van der Waals surface area contributed by atoms with Gasteiger partial charge in [-0.05, 0) is 31.4 Å². The molecule has 0 radical (unpaired) electrons. The van der Waals surface area contributed by atoms with E-state index < -0.39 is 0 Å². The van der Waals surface area contributed by atoms with Crippen molar-refractivity contribution in [2.45, 2.75) is 50.4 Å². The molecule has 2 aliphatic rings. The summed E-state index contributed by atoms with van der Waals surface area (Å²) in [5, 5.41) is 9.96. The van der Waals surface area contributed by atoms with Crippen molar-refractivity contribution in [3.8, 4) is 5.75 Å². The van der Waals surface area contributed by atoms with E-state index >= 15 is 0 Å². The zero-order valence-corrected chi connectivity index (χ0v) is 11.7. The van der Waals surface area contributed by atoms with Gasteiger partial charge in [-0.25, -0.2) is 0 Å². The second-order valence-electron chi connectivity index (χ2n) is 5.49. The van der Waals surface area contributed by atoms with E-state index in [2.05, 4.69) is 0 Å². The van der Waals surface area contributed by atoms with Crippen LogP contribution < -0.4 is 4.74 Å². The van der Waals surface area contributed by atoms with E-state index in [-0.39, 0.29) is 18.3 Å². The lowest BCUT2D eigenvalue weighted by atomic mass is 9.74. The Morgan fingerprint density at radius 2 is 2.26 bits per heavy atom. The lowest BCUT2D eigenvalue weighted by molar-refractivity contribution is -0.153. The molecule has 1 N–H and O–H groups in total. The molecule has 1 saturated carbocycles. The molecule has 104 valence electrons. The molecule has 19 heavy (non-hydrogen) atoms. The maximum absolute atomic E-state index is 9.40. The predicted octanol–water partition coefficient (Wildman–Crippen LogP) is 3.31. The van der Waals surface area contributed by atoms with Crippen LogP contribution in [0.1, 0.15) is 37.7 Å². The van der Waals surface area contributed by atoms with Crippen molar-refractivity contribution in [1.29, 1.82) is 0 Å². The number of aliphatic hydroxyl groups excluding tert-OH is 1. The fraction of sp³-hybridized carbons (Fsp3) is 0.600. The number of ether oxygens (including phenoxy) is 2. The molecule has 1 unspecified atom stereocenters. The molecule has 2 fully saturated rings. The van der Waals surface area contributed by atoms with Crippen molar-refractivity contribution in [1.82, 2.24) is 0 Å². The second kappa shape index (κ2) is 5.31. The third kappa shape index (κ3) is 2.60. The Bertz CT molecular complexity index is 457. The van der Waals surface area contributed by atoms with Crippen LogP contribution in [0.5, 0.6) is 5.75 Å². The first-order valence-electron chi connectivity index (χ1n) is 6.91. The molecule has 1 aromatic carbocycles. The van der Waals surface area contributed by atoms with Crippen molar-refractivity contribution in [3.63, 3.8) is 0 Å². The van der Waals surface area contributed by atoms with E-state index in [0.29, 0.717) is 16.3 Å². The van der Waals surface area contributed by atoms with E-state index in [1.54, 1.807) is 6.07 Å². The molecule has 1 aliphatic carbocycles. The van der Waals surface area contributed by atoms with Crippen molar-refractivity contribution < 1.29 is 14.6 Å². The largest absolute Gasteiger partial charge is 0.490 e. The van der Waals surface area contributed by atoms with Crippen molar-refractivity contribution in [3.05, 3.63) is 28.8 Å². The minimum absolute atomic E-state index is 0.0703. The Morgan fingerprint density at radius 1 is 1.42 bits per heavy atom. The summed E-state index contributed by atoms with van der Waals surface area (Å²) in [7, 11) is 0. The molecule has 1 heterocycles. The third-order valence-corrected chi connectivity index (χ3v) is 4.59. The molecule has 1 spiro atoms. The van der Waals surface area contributed by atoms with Gasteiger partial charge < -0.3 is 14.6 Å². The Hall–Kier alpha value is -0.770. The molecule has 1 atom stereocenters. The van der Waals surface area contributed by atoms with Crippen LogP contribution in [-0.2, 0) is 11.3 Å². The number of aliphatic hydroxyl groups is 1. The monoisotopic (exact) mass is 282 g/mol. The van der Waals surface area contributed by atoms with Crippen LogP contribution in [0.4, 0.5) is 0 Å². The smallest absolute Gasteiger partial charge is 0.126 e. The Labute approximate surface area is 118 Å². The van der Waals surface area contributed by atoms with Gasteiger partial charge in [0, 0.05) is 23.4 Å². The molecule has 3 nitrogen and oxygen atoms in total. The van der Waals surface area contributed by atoms with Crippen LogP contribution >= 0.6 is 11.6 Å². The summed E-state index contributed by atoms with van der Waals surface area (Å²) in [4.78, 5) is 0. The SMILES string of the molecule is OCc1c(Cl)cccc1OC1CCOC2(CCC2)C1. The Balaban J connectivity index is 1.72. The summed E-state index contributed by atoms with van der Waals surface area (Å²) in [6.45, 7) is 0.670. The molecule has 3 rings (SSSR count). The van der Waals surface area contributed by atoms with Crippen LogP contribution in [0.15, 0.2) is 18.2 Å². The fourth-order valence-electron chi connectivity index (χ4n) is 2.99. The van der Waals surface area contributed by atoms with Crippen LogP contribution in [0.3, 0.4) is 0 Å². The normalized spacial score (nSPS) is 25.1. The molecular weight excluding hydrogens is 264 g/mol. The highest BCUT2D eigenvalue weighted by Crippen LogP contribution is 2.43. The van der Waals surface area contributed by atoms with E-state index in [9.17, 15) is 5.11 Å². The van der Waals surface area contributed by atoms with E-state index in [4.69, 9.17) is 21.1 Å². The van der Waals surface area contributed by atoms with Crippen LogP contribution in [0.25, 0.3) is 0 Å². The van der Waals surface area contributed by atoms with E-state index in [1.165, 1.54) is 6.42 Å². The average Bonchev–Trinajstić information content (AvgIpc) is 2.38. The number of halogens is 1. The van der Waals surface area contributed by atoms with Gasteiger partial charge in [0.15, 0.2) is 0 Å². The number of benzene rings is 1. The van der Waals surface area contributed by atoms with Gasteiger partial charge in [0.1, 0.15) is 11.9 Å². The zero-order chi connectivity index (χ0) is 13.3. The van der Waals surface area contributed by atoms with Gasteiger partial charge in [-0.3, -0.25) is 0 Å². The van der Waals surface area contributed by atoms with Gasteiger partial charge in [-0.1, -0.05) is 17.7 Å². The van der Waals surface area contributed by atoms with Gasteiger partial charge >= 0.3 is 0 Å². The Kier molecular flexibility index (Phi) is 3.70. The lowest BCUT2D eigenvalue weighted by Crippen LogP contribution is -2.48. The van der Waals surface area contributed by atoms with Crippen molar-refractivity contribution >= 4 is 11.6 Å². The molecule has 1 saturated heterocycles. The van der Waals surface area contributed by atoms with Gasteiger partial charge in [-0.15, -0.1) is 0 Å². The first kappa shape index (κ1) is 13.2. The van der Waals surface area contributed by atoms with Gasteiger partial charge in [0.25, 0.3) is 0 Å². The van der Waals surface area contributed by atoms with Crippen molar-refractivity contribution in [2.75, 3.05) is 6.61 Å². The average molecular weight is 283 g/mol. The molecule has 4 heteroatoms. The highest BCUT2D eigenvalue weighted by atomic mass is 35.5. The quantitative estimate of drug-likeness (QED) is 0.924. The molecule has 0 amide bonds. The van der Waals surface area contributed by atoms with Gasteiger partial charge in [0.05, 0.1) is 18.8 Å². The topological polar surface area (TPSA) is 38.7 Å². The fourth-order valence-corrected chi connectivity index (χ4v) is 3.21. The van der Waals surface area contributed by atoms with E-state index in [1.807, 2.05) is 12.1 Å². The van der Waals surface area contributed by atoms with Crippen LogP contribution in [-0.4, -0.2) is 23.4 Å². The molecule has 0 bridgehead atoms. The van der Waals surface area contributed by atoms with Crippen LogP contribution in [0, 0.1) is 0 Å². The highest BCUT2D eigenvalue weighted by Gasteiger charge is 2.43. The maximum atomic E-state index is 9.40. The predicted molar refractivity (Wildman–Crippen MR) is 73.6 cm³/mol. The third-order valence-electron chi connectivity index (χ3n) is 4.24. The molecular formula is C15H19ClO3. The minimum atomic E-state index is -0.0939. The number of hydrogen-bond donors (Lipinski definition) is 1. The Morgan fingerprint density at radius 3 is 2.95 bits per heavy atom. The lowest BCUT2D eigenvalue weighted by Gasteiger charge is -2.47. The molecule has 0 aromatic heterocycles.